The Balaban J connectivity index is 1.87. The van der Waals surface area contributed by atoms with Crippen molar-refractivity contribution >= 4 is 28.2 Å². The molecule has 8 heteroatoms. The highest BCUT2D eigenvalue weighted by Gasteiger charge is 2.26. The molecule has 1 aliphatic rings. The van der Waals surface area contributed by atoms with Gasteiger partial charge in [0.05, 0.1) is 26.4 Å². The molecule has 0 spiro atoms. The molecule has 0 bridgehead atoms. The monoisotopic (exact) mass is 418 g/mol. The number of nitrogens with one attached hydrogen (secondary N) is 2. The molecular formula is C21H26N2O5S. The van der Waals surface area contributed by atoms with Crippen LogP contribution in [0.5, 0.6) is 11.5 Å². The second-order valence-corrected chi connectivity index (χ2v) is 7.79. The van der Waals surface area contributed by atoms with E-state index in [0.717, 1.165) is 31.2 Å². The molecule has 156 valence electrons. The Kier molecular flexibility index (Phi) is 7.11. The normalized spacial score (nSPS) is 12.8. The van der Waals surface area contributed by atoms with Gasteiger partial charge in [-0.15, -0.1) is 11.3 Å². The number of fused-ring (bicyclic) bond motifs is 1. The molecule has 0 saturated heterocycles. The molecular weight excluding hydrogens is 392 g/mol. The van der Waals surface area contributed by atoms with Crippen LogP contribution in [0.3, 0.4) is 0 Å². The minimum atomic E-state index is -0.296. The molecule has 0 unspecified atom stereocenters. The maximum atomic E-state index is 12.9. The Hall–Kier alpha value is -2.58. The van der Waals surface area contributed by atoms with Gasteiger partial charge in [-0.05, 0) is 49.4 Å². The van der Waals surface area contributed by atoms with Crippen LogP contribution >= 0.6 is 11.3 Å². The third kappa shape index (κ3) is 4.71. The van der Waals surface area contributed by atoms with Gasteiger partial charge in [0, 0.05) is 24.1 Å². The summed E-state index contributed by atoms with van der Waals surface area (Å²) in [7, 11) is 4.66. The van der Waals surface area contributed by atoms with Crippen LogP contribution < -0.4 is 20.1 Å². The van der Waals surface area contributed by atoms with E-state index >= 15 is 0 Å². The number of rotatable bonds is 8. The van der Waals surface area contributed by atoms with Crippen molar-refractivity contribution < 1.29 is 23.8 Å². The molecule has 1 aromatic heterocycles. The first-order valence-electron chi connectivity index (χ1n) is 9.54. The first-order valence-corrected chi connectivity index (χ1v) is 10.4. The summed E-state index contributed by atoms with van der Waals surface area (Å²) in [6.07, 6.45) is 3.93. The van der Waals surface area contributed by atoms with Crippen molar-refractivity contribution in [1.29, 1.82) is 0 Å². The van der Waals surface area contributed by atoms with E-state index in [1.165, 1.54) is 23.3 Å². The van der Waals surface area contributed by atoms with Crippen molar-refractivity contribution in [1.82, 2.24) is 5.32 Å². The van der Waals surface area contributed by atoms with E-state index in [-0.39, 0.29) is 11.8 Å². The minimum absolute atomic E-state index is 0.177. The van der Waals surface area contributed by atoms with Crippen LogP contribution in [-0.4, -0.2) is 46.3 Å². The van der Waals surface area contributed by atoms with Gasteiger partial charge in [0.25, 0.3) is 11.8 Å². The van der Waals surface area contributed by atoms with Crippen LogP contribution in [0.25, 0.3) is 0 Å². The van der Waals surface area contributed by atoms with Gasteiger partial charge in [-0.1, -0.05) is 0 Å². The summed E-state index contributed by atoms with van der Waals surface area (Å²) in [5, 5.41) is 6.40. The van der Waals surface area contributed by atoms with Crippen LogP contribution in [0.2, 0.25) is 0 Å². The fourth-order valence-electron chi connectivity index (χ4n) is 3.40. The summed E-state index contributed by atoms with van der Waals surface area (Å²) < 4.78 is 15.5. The SMILES string of the molecule is COCCNC(=O)c1c(NC(=O)c2ccc(OC)c(OC)c2)sc2c1CCCC2. The molecule has 0 radical (unpaired) electrons. The first-order chi connectivity index (χ1) is 14.1. The second-order valence-electron chi connectivity index (χ2n) is 6.69. The average Bonchev–Trinajstić information content (AvgIpc) is 3.11. The van der Waals surface area contributed by atoms with E-state index in [2.05, 4.69) is 10.6 Å². The maximum absolute atomic E-state index is 12.9. The Morgan fingerprint density at radius 2 is 1.79 bits per heavy atom. The number of hydrogen-bond donors (Lipinski definition) is 2. The fourth-order valence-corrected chi connectivity index (χ4v) is 4.68. The Bertz CT molecular complexity index is 893. The summed E-state index contributed by atoms with van der Waals surface area (Å²) >= 11 is 1.49. The molecule has 0 atom stereocenters. The predicted octanol–water partition coefficient (Wildman–Crippen LogP) is 3.27. The van der Waals surface area contributed by atoms with Crippen LogP contribution in [-0.2, 0) is 17.6 Å². The number of carbonyl (C=O) groups excluding carboxylic acids is 2. The van der Waals surface area contributed by atoms with Gasteiger partial charge in [-0.2, -0.15) is 0 Å². The molecule has 0 aliphatic heterocycles. The van der Waals surface area contributed by atoms with Crippen molar-refractivity contribution in [3.8, 4) is 11.5 Å². The van der Waals surface area contributed by atoms with Crippen molar-refractivity contribution in [3.05, 3.63) is 39.8 Å². The van der Waals surface area contributed by atoms with E-state index in [4.69, 9.17) is 14.2 Å². The number of thiophene rings is 1. The average molecular weight is 419 g/mol. The van der Waals surface area contributed by atoms with Crippen molar-refractivity contribution in [2.24, 2.45) is 0 Å². The zero-order valence-electron chi connectivity index (χ0n) is 16.9. The van der Waals surface area contributed by atoms with Crippen LogP contribution in [0.15, 0.2) is 18.2 Å². The van der Waals surface area contributed by atoms with E-state index in [1.807, 2.05) is 0 Å². The number of amides is 2. The quantitative estimate of drug-likeness (QED) is 0.643. The van der Waals surface area contributed by atoms with Crippen LogP contribution in [0.1, 0.15) is 44.0 Å². The lowest BCUT2D eigenvalue weighted by Gasteiger charge is -2.13. The molecule has 7 nitrogen and oxygen atoms in total. The highest BCUT2D eigenvalue weighted by Crippen LogP contribution is 2.38. The van der Waals surface area contributed by atoms with Crippen LogP contribution in [0.4, 0.5) is 5.00 Å². The zero-order chi connectivity index (χ0) is 20.8. The molecule has 1 aliphatic carbocycles. The van der Waals surface area contributed by atoms with Gasteiger partial charge in [0.2, 0.25) is 0 Å². The topological polar surface area (TPSA) is 85.9 Å². The summed E-state index contributed by atoms with van der Waals surface area (Å²) in [5.74, 6) is 0.552. The molecule has 1 heterocycles. The number of aryl methyl sites for hydroxylation is 1. The molecule has 3 rings (SSSR count). The third-order valence-electron chi connectivity index (χ3n) is 4.86. The molecule has 0 fully saturated rings. The molecule has 0 saturated carbocycles. The standard InChI is InChI=1S/C21H26N2O5S/c1-26-11-10-22-20(25)18-14-6-4-5-7-17(14)29-21(18)23-19(24)13-8-9-15(27-2)16(12-13)28-3/h8-9,12H,4-7,10-11H2,1-3H3,(H,22,25)(H,23,24). The fraction of sp³-hybridized carbons (Fsp3) is 0.429. The number of methoxy groups -OCH3 is 3. The second kappa shape index (κ2) is 9.76. The number of carbonyl (C=O) groups is 2. The summed E-state index contributed by atoms with van der Waals surface area (Å²) in [6, 6.07) is 4.98. The Morgan fingerprint density at radius 3 is 2.52 bits per heavy atom. The van der Waals surface area contributed by atoms with Gasteiger partial charge in [0.15, 0.2) is 11.5 Å². The van der Waals surface area contributed by atoms with E-state index in [0.29, 0.717) is 40.8 Å². The van der Waals surface area contributed by atoms with Gasteiger partial charge in [0.1, 0.15) is 5.00 Å². The first kappa shape index (κ1) is 21.1. The van der Waals surface area contributed by atoms with E-state index < -0.39 is 0 Å². The Labute approximate surface area is 174 Å². The highest BCUT2D eigenvalue weighted by atomic mass is 32.1. The number of benzene rings is 1. The zero-order valence-corrected chi connectivity index (χ0v) is 17.7. The van der Waals surface area contributed by atoms with Gasteiger partial charge < -0.3 is 24.8 Å². The number of hydrogen-bond acceptors (Lipinski definition) is 6. The summed E-state index contributed by atoms with van der Waals surface area (Å²) in [6.45, 7) is 0.856. The lowest BCUT2D eigenvalue weighted by Crippen LogP contribution is -2.28. The van der Waals surface area contributed by atoms with Crippen LogP contribution in [0, 0.1) is 0 Å². The molecule has 2 amide bonds. The molecule has 2 aromatic rings. The Morgan fingerprint density at radius 1 is 1.03 bits per heavy atom. The summed E-state index contributed by atoms with van der Waals surface area (Å²) in [5.41, 5.74) is 2.06. The number of anilines is 1. The highest BCUT2D eigenvalue weighted by molar-refractivity contribution is 7.17. The minimum Gasteiger partial charge on any atom is -0.493 e. The van der Waals surface area contributed by atoms with Crippen molar-refractivity contribution in [3.63, 3.8) is 0 Å². The van der Waals surface area contributed by atoms with Gasteiger partial charge in [-0.25, -0.2) is 0 Å². The van der Waals surface area contributed by atoms with E-state index in [1.54, 1.807) is 32.4 Å². The molecule has 1 aromatic carbocycles. The smallest absolute Gasteiger partial charge is 0.256 e. The third-order valence-corrected chi connectivity index (χ3v) is 6.07. The largest absolute Gasteiger partial charge is 0.493 e. The van der Waals surface area contributed by atoms with Gasteiger partial charge >= 0.3 is 0 Å². The lowest BCUT2D eigenvalue weighted by atomic mass is 9.95. The maximum Gasteiger partial charge on any atom is 0.256 e. The predicted molar refractivity (Wildman–Crippen MR) is 113 cm³/mol. The van der Waals surface area contributed by atoms with E-state index in [9.17, 15) is 9.59 Å². The van der Waals surface area contributed by atoms with Gasteiger partial charge in [-0.3, -0.25) is 9.59 Å². The molecule has 2 N–H and O–H groups in total. The van der Waals surface area contributed by atoms with Crippen molar-refractivity contribution in [2.75, 3.05) is 39.8 Å². The summed E-state index contributed by atoms with van der Waals surface area (Å²) in [4.78, 5) is 26.9. The van der Waals surface area contributed by atoms with Crippen molar-refractivity contribution in [2.45, 2.75) is 25.7 Å². The molecule has 29 heavy (non-hydrogen) atoms. The number of ether oxygens (including phenoxy) is 3. The lowest BCUT2D eigenvalue weighted by molar-refractivity contribution is 0.0937.